The fourth-order valence-electron chi connectivity index (χ4n) is 3.08. The average Bonchev–Trinajstić information content (AvgIpc) is 2.79. The van der Waals surface area contributed by atoms with E-state index in [2.05, 4.69) is 15.0 Å². The summed E-state index contributed by atoms with van der Waals surface area (Å²) in [4.78, 5) is 9.26. The van der Waals surface area contributed by atoms with Crippen LogP contribution in [0.4, 0.5) is 11.6 Å². The highest BCUT2D eigenvalue weighted by molar-refractivity contribution is 7.89. The minimum atomic E-state index is -3.48. The van der Waals surface area contributed by atoms with Crippen molar-refractivity contribution in [2.75, 3.05) is 19.5 Å². The molecule has 8 heteroatoms. The van der Waals surface area contributed by atoms with E-state index in [-0.39, 0.29) is 4.90 Å². The van der Waals surface area contributed by atoms with Crippen molar-refractivity contribution < 1.29 is 13.2 Å². The third-order valence-electron chi connectivity index (χ3n) is 4.70. The second kappa shape index (κ2) is 8.10. The number of hydrogen-bond acceptors (Lipinski definition) is 6. The first kappa shape index (κ1) is 19.8. The second-order valence-electron chi connectivity index (χ2n) is 6.52. The zero-order valence-corrected chi connectivity index (χ0v) is 17.3. The van der Waals surface area contributed by atoms with E-state index in [1.807, 2.05) is 42.5 Å². The number of aromatic nitrogens is 2. The Balaban J connectivity index is 1.67. The van der Waals surface area contributed by atoms with E-state index in [9.17, 15) is 8.42 Å². The van der Waals surface area contributed by atoms with E-state index < -0.39 is 10.0 Å². The highest BCUT2D eigenvalue weighted by Crippen LogP contribution is 2.29. The molecule has 0 radical (unpaired) electrons. The zero-order chi connectivity index (χ0) is 21.1. The van der Waals surface area contributed by atoms with Gasteiger partial charge in [-0.1, -0.05) is 30.3 Å². The highest BCUT2D eigenvalue weighted by Gasteiger charge is 2.11. The molecule has 2 N–H and O–H groups in total. The van der Waals surface area contributed by atoms with Gasteiger partial charge in [0.05, 0.1) is 17.5 Å². The van der Waals surface area contributed by atoms with Crippen molar-refractivity contribution in [3.8, 4) is 16.9 Å². The Labute approximate surface area is 174 Å². The number of hydrogen-bond donors (Lipinski definition) is 2. The molecule has 0 aliphatic carbocycles. The second-order valence-corrected chi connectivity index (χ2v) is 8.41. The third-order valence-corrected chi connectivity index (χ3v) is 6.13. The lowest BCUT2D eigenvalue weighted by molar-refractivity contribution is 0.415. The van der Waals surface area contributed by atoms with Crippen LogP contribution in [0.5, 0.6) is 5.75 Å². The summed E-state index contributed by atoms with van der Waals surface area (Å²) in [6.07, 6.45) is 1.76. The fourth-order valence-corrected chi connectivity index (χ4v) is 3.81. The number of sulfonamides is 1. The van der Waals surface area contributed by atoms with Crippen LogP contribution in [0.15, 0.2) is 77.8 Å². The van der Waals surface area contributed by atoms with Crippen LogP contribution in [0.1, 0.15) is 0 Å². The van der Waals surface area contributed by atoms with Crippen molar-refractivity contribution in [1.82, 2.24) is 14.7 Å². The first-order valence-corrected chi connectivity index (χ1v) is 10.7. The zero-order valence-electron chi connectivity index (χ0n) is 16.5. The van der Waals surface area contributed by atoms with Crippen molar-refractivity contribution in [3.63, 3.8) is 0 Å². The van der Waals surface area contributed by atoms with Gasteiger partial charge in [0.25, 0.3) is 0 Å². The molecule has 0 atom stereocenters. The van der Waals surface area contributed by atoms with Crippen LogP contribution in [-0.4, -0.2) is 32.5 Å². The summed E-state index contributed by atoms with van der Waals surface area (Å²) in [5.74, 6) is 1.22. The molecule has 3 aromatic carbocycles. The molecule has 0 bridgehead atoms. The van der Waals surface area contributed by atoms with Gasteiger partial charge in [0.1, 0.15) is 5.75 Å². The van der Waals surface area contributed by atoms with Gasteiger partial charge in [0.2, 0.25) is 16.0 Å². The molecule has 0 fully saturated rings. The number of nitrogens with one attached hydrogen (secondary N) is 2. The van der Waals surface area contributed by atoms with Crippen LogP contribution in [0, 0.1) is 0 Å². The Morgan fingerprint density at radius 2 is 1.67 bits per heavy atom. The summed E-state index contributed by atoms with van der Waals surface area (Å²) in [6, 6.07) is 20.1. The summed E-state index contributed by atoms with van der Waals surface area (Å²) in [5, 5.41) is 4.05. The van der Waals surface area contributed by atoms with E-state index in [0.29, 0.717) is 11.6 Å². The number of fused-ring (bicyclic) bond motifs is 1. The Morgan fingerprint density at radius 1 is 0.933 bits per heavy atom. The van der Waals surface area contributed by atoms with E-state index in [1.54, 1.807) is 25.4 Å². The molecule has 4 rings (SSSR count). The minimum Gasteiger partial charge on any atom is -0.497 e. The van der Waals surface area contributed by atoms with Gasteiger partial charge >= 0.3 is 0 Å². The number of methoxy groups -OCH3 is 1. The molecule has 0 amide bonds. The smallest absolute Gasteiger partial charge is 0.240 e. The van der Waals surface area contributed by atoms with Crippen LogP contribution in [0.3, 0.4) is 0 Å². The summed E-state index contributed by atoms with van der Waals surface area (Å²) < 4.78 is 31.3. The Hall–Kier alpha value is -3.49. The Morgan fingerprint density at radius 3 is 2.33 bits per heavy atom. The molecular weight excluding hydrogens is 400 g/mol. The number of para-hydroxylation sites is 1. The summed E-state index contributed by atoms with van der Waals surface area (Å²) in [5.41, 5.74) is 3.50. The highest BCUT2D eigenvalue weighted by atomic mass is 32.2. The molecule has 0 aliphatic rings. The molecule has 0 spiro atoms. The number of anilines is 2. The number of rotatable bonds is 6. The number of nitrogens with zero attached hydrogens (tertiary/aromatic N) is 2. The lowest BCUT2D eigenvalue weighted by Gasteiger charge is -2.10. The molecule has 1 aromatic heterocycles. The van der Waals surface area contributed by atoms with Crippen LogP contribution in [0.2, 0.25) is 0 Å². The molecule has 0 unspecified atom stereocenters. The summed E-state index contributed by atoms with van der Waals surface area (Å²) in [6.45, 7) is 0. The topological polar surface area (TPSA) is 93.2 Å². The maximum absolute atomic E-state index is 11.9. The van der Waals surface area contributed by atoms with Crippen LogP contribution in [-0.2, 0) is 10.0 Å². The Kier molecular flexibility index (Phi) is 5.35. The van der Waals surface area contributed by atoms with Crippen molar-refractivity contribution in [2.45, 2.75) is 4.90 Å². The number of benzene rings is 3. The van der Waals surface area contributed by atoms with Crippen molar-refractivity contribution in [2.24, 2.45) is 0 Å². The van der Waals surface area contributed by atoms with Crippen molar-refractivity contribution in [1.29, 1.82) is 0 Å². The average molecular weight is 420 g/mol. The molecule has 4 aromatic rings. The van der Waals surface area contributed by atoms with Gasteiger partial charge in [-0.25, -0.2) is 23.1 Å². The van der Waals surface area contributed by atoms with Gasteiger partial charge in [-0.15, -0.1) is 0 Å². The van der Waals surface area contributed by atoms with Gasteiger partial charge in [0, 0.05) is 22.8 Å². The SMILES string of the molecule is CNS(=O)(=O)c1ccc(Nc2ncc3cccc(-c4ccc(OC)cc4)c3n2)cc1. The van der Waals surface area contributed by atoms with Crippen molar-refractivity contribution >= 4 is 32.6 Å². The molecule has 7 nitrogen and oxygen atoms in total. The number of ether oxygens (including phenoxy) is 1. The van der Waals surface area contributed by atoms with Gasteiger partial charge in [-0.3, -0.25) is 0 Å². The van der Waals surface area contributed by atoms with Gasteiger partial charge in [-0.05, 0) is 49.0 Å². The normalized spacial score (nSPS) is 11.4. The Bertz CT molecular complexity index is 1290. The lowest BCUT2D eigenvalue weighted by Crippen LogP contribution is -2.18. The van der Waals surface area contributed by atoms with E-state index >= 15 is 0 Å². The van der Waals surface area contributed by atoms with E-state index in [1.165, 1.54) is 19.2 Å². The quantitative estimate of drug-likeness (QED) is 0.491. The largest absolute Gasteiger partial charge is 0.497 e. The molecule has 0 saturated heterocycles. The van der Waals surface area contributed by atoms with Crippen LogP contribution >= 0.6 is 0 Å². The summed E-state index contributed by atoms with van der Waals surface area (Å²) >= 11 is 0. The van der Waals surface area contributed by atoms with Gasteiger partial charge < -0.3 is 10.1 Å². The first-order valence-electron chi connectivity index (χ1n) is 9.21. The van der Waals surface area contributed by atoms with E-state index in [0.717, 1.165) is 27.8 Å². The maximum atomic E-state index is 11.9. The minimum absolute atomic E-state index is 0.191. The fraction of sp³-hybridized carbons (Fsp3) is 0.0909. The monoisotopic (exact) mass is 420 g/mol. The van der Waals surface area contributed by atoms with Crippen LogP contribution in [0.25, 0.3) is 22.0 Å². The first-order chi connectivity index (χ1) is 14.5. The third kappa shape index (κ3) is 3.96. The molecule has 0 aliphatic heterocycles. The molecule has 30 heavy (non-hydrogen) atoms. The van der Waals surface area contributed by atoms with Gasteiger partial charge in [-0.2, -0.15) is 0 Å². The predicted molar refractivity (Wildman–Crippen MR) is 117 cm³/mol. The maximum Gasteiger partial charge on any atom is 0.240 e. The molecular formula is C22H20N4O3S. The standard InChI is InChI=1S/C22H20N4O3S/c1-23-30(27,28)19-12-8-17(9-13-19)25-22-24-14-16-4-3-5-20(21(16)26-22)15-6-10-18(29-2)11-7-15/h3-14,23H,1-2H3,(H,24,25,26). The molecule has 152 valence electrons. The molecule has 1 heterocycles. The lowest BCUT2D eigenvalue weighted by atomic mass is 10.0. The van der Waals surface area contributed by atoms with Crippen molar-refractivity contribution in [3.05, 3.63) is 72.9 Å². The van der Waals surface area contributed by atoms with Gasteiger partial charge in [0.15, 0.2) is 0 Å². The van der Waals surface area contributed by atoms with Crippen LogP contribution < -0.4 is 14.8 Å². The summed E-state index contributed by atoms with van der Waals surface area (Å²) in [7, 11) is -0.458. The predicted octanol–water partition coefficient (Wildman–Crippen LogP) is 3.96. The van der Waals surface area contributed by atoms with E-state index in [4.69, 9.17) is 9.72 Å². The molecule has 0 saturated carbocycles.